The number of fused-ring (bicyclic) bond motifs is 1. The van der Waals surface area contributed by atoms with Gasteiger partial charge < -0.3 is 4.74 Å². The number of hydrogen-bond acceptors (Lipinski definition) is 5. The first-order valence-corrected chi connectivity index (χ1v) is 7.51. The van der Waals surface area contributed by atoms with Crippen LogP contribution in [0.4, 0.5) is 13.2 Å². The number of hydrogen-bond donors (Lipinski definition) is 0. The number of methoxy groups -OCH3 is 1. The van der Waals surface area contributed by atoms with E-state index in [2.05, 4.69) is 15.1 Å². The lowest BCUT2D eigenvalue weighted by Gasteiger charge is -2.07. The zero-order chi connectivity index (χ0) is 16.4. The molecule has 120 valence electrons. The second kappa shape index (κ2) is 6.07. The Morgan fingerprint density at radius 1 is 1.17 bits per heavy atom. The molecule has 5 nitrogen and oxygen atoms in total. The lowest BCUT2D eigenvalue weighted by atomic mass is 10.2. The van der Waals surface area contributed by atoms with E-state index in [4.69, 9.17) is 4.74 Å². The van der Waals surface area contributed by atoms with Crippen molar-refractivity contribution < 1.29 is 17.9 Å². The van der Waals surface area contributed by atoms with Gasteiger partial charge in [0.05, 0.1) is 7.11 Å². The van der Waals surface area contributed by atoms with Crippen LogP contribution in [0.1, 0.15) is 11.3 Å². The van der Waals surface area contributed by atoms with E-state index in [1.165, 1.54) is 18.9 Å². The van der Waals surface area contributed by atoms with Gasteiger partial charge in [0.2, 0.25) is 5.16 Å². The topological polar surface area (TPSA) is 52.3 Å². The molecule has 0 radical (unpaired) electrons. The molecule has 0 saturated carbocycles. The Labute approximate surface area is 133 Å². The lowest BCUT2D eigenvalue weighted by molar-refractivity contribution is -0.141. The van der Waals surface area contributed by atoms with Gasteiger partial charge in [-0.2, -0.15) is 22.7 Å². The van der Waals surface area contributed by atoms with Gasteiger partial charge in [0.25, 0.3) is 0 Å². The zero-order valence-electron chi connectivity index (χ0n) is 11.9. The fourth-order valence-electron chi connectivity index (χ4n) is 1.90. The number of nitrogens with zero attached hydrogens (tertiary/aromatic N) is 4. The largest absolute Gasteiger partial charge is 0.467 e. The van der Waals surface area contributed by atoms with E-state index >= 15 is 0 Å². The molecule has 0 spiro atoms. The fourth-order valence-corrected chi connectivity index (χ4v) is 2.69. The van der Waals surface area contributed by atoms with Crippen LogP contribution in [-0.2, 0) is 11.9 Å². The molecule has 2 heterocycles. The Balaban J connectivity index is 1.91. The number of alkyl halides is 3. The van der Waals surface area contributed by atoms with Crippen LogP contribution in [-0.4, -0.2) is 26.7 Å². The highest BCUT2D eigenvalue weighted by Gasteiger charge is 2.34. The van der Waals surface area contributed by atoms with Crippen molar-refractivity contribution in [2.24, 2.45) is 0 Å². The molecular weight excluding hydrogens is 329 g/mol. The molecule has 0 saturated heterocycles. The highest BCUT2D eigenvalue weighted by molar-refractivity contribution is 7.98. The van der Waals surface area contributed by atoms with Gasteiger partial charge in [-0.05, 0) is 5.56 Å². The first-order valence-electron chi connectivity index (χ1n) is 6.53. The van der Waals surface area contributed by atoms with Crippen molar-refractivity contribution in [3.8, 4) is 6.01 Å². The molecule has 0 amide bonds. The molecule has 1 aromatic carbocycles. The Morgan fingerprint density at radius 3 is 2.57 bits per heavy atom. The van der Waals surface area contributed by atoms with Crippen molar-refractivity contribution >= 4 is 17.4 Å². The van der Waals surface area contributed by atoms with Gasteiger partial charge in [0.1, 0.15) is 0 Å². The molecule has 9 heteroatoms. The molecule has 0 atom stereocenters. The van der Waals surface area contributed by atoms with Crippen molar-refractivity contribution in [3.63, 3.8) is 0 Å². The number of thioether (sulfide) groups is 1. The summed E-state index contributed by atoms with van der Waals surface area (Å²) < 4.78 is 44.5. The van der Waals surface area contributed by atoms with Gasteiger partial charge in [-0.1, -0.05) is 42.1 Å². The van der Waals surface area contributed by atoms with E-state index in [1.54, 1.807) is 0 Å². The molecule has 3 rings (SSSR count). The van der Waals surface area contributed by atoms with E-state index in [0.29, 0.717) is 10.9 Å². The molecule has 2 aromatic heterocycles. The first kappa shape index (κ1) is 15.6. The Morgan fingerprint density at radius 2 is 1.91 bits per heavy atom. The van der Waals surface area contributed by atoms with Crippen LogP contribution in [0.25, 0.3) is 5.65 Å². The monoisotopic (exact) mass is 340 g/mol. The van der Waals surface area contributed by atoms with Gasteiger partial charge in [-0.25, -0.2) is 4.98 Å². The van der Waals surface area contributed by atoms with Crippen molar-refractivity contribution in [3.05, 3.63) is 47.7 Å². The number of rotatable bonds is 4. The molecule has 3 aromatic rings. The average Bonchev–Trinajstić information content (AvgIpc) is 2.95. The summed E-state index contributed by atoms with van der Waals surface area (Å²) in [6.07, 6.45) is -4.57. The lowest BCUT2D eigenvalue weighted by Crippen LogP contribution is -2.11. The molecule has 0 unspecified atom stereocenters. The summed E-state index contributed by atoms with van der Waals surface area (Å²) in [6, 6.07) is 10.2. The molecule has 0 bridgehead atoms. The van der Waals surface area contributed by atoms with Crippen LogP contribution >= 0.6 is 11.8 Å². The summed E-state index contributed by atoms with van der Waals surface area (Å²) in [5.41, 5.74) is 0.0472. The van der Waals surface area contributed by atoms with Crippen LogP contribution in [0.5, 0.6) is 6.01 Å². The summed E-state index contributed by atoms with van der Waals surface area (Å²) in [7, 11) is 1.24. The van der Waals surface area contributed by atoms with Gasteiger partial charge >= 0.3 is 12.2 Å². The second-order valence-corrected chi connectivity index (χ2v) is 5.51. The van der Waals surface area contributed by atoms with E-state index < -0.39 is 11.9 Å². The maximum absolute atomic E-state index is 12.8. The highest BCUT2D eigenvalue weighted by Crippen LogP contribution is 2.30. The smallest absolute Gasteiger partial charge is 0.433 e. The third-order valence-electron chi connectivity index (χ3n) is 2.96. The Bertz CT molecular complexity index is 820. The molecule has 0 aliphatic rings. The van der Waals surface area contributed by atoms with Crippen LogP contribution in [0, 0.1) is 0 Å². The first-order chi connectivity index (χ1) is 11.0. The van der Waals surface area contributed by atoms with Gasteiger partial charge in [0.15, 0.2) is 11.3 Å². The van der Waals surface area contributed by atoms with E-state index in [9.17, 15) is 13.2 Å². The van der Waals surface area contributed by atoms with Crippen LogP contribution in [0.15, 0.2) is 41.6 Å². The summed E-state index contributed by atoms with van der Waals surface area (Å²) in [4.78, 5) is 7.53. The Hall–Kier alpha value is -2.29. The quantitative estimate of drug-likeness (QED) is 0.681. The molecule has 0 N–H and O–H groups in total. The number of aromatic nitrogens is 4. The van der Waals surface area contributed by atoms with Gasteiger partial charge in [0, 0.05) is 11.8 Å². The predicted octanol–water partition coefficient (Wildman–Crippen LogP) is 3.44. The van der Waals surface area contributed by atoms with Crippen LogP contribution in [0.3, 0.4) is 0 Å². The summed E-state index contributed by atoms with van der Waals surface area (Å²) in [5.74, 6) is 0.611. The van der Waals surface area contributed by atoms with Crippen molar-refractivity contribution in [2.75, 3.05) is 7.11 Å². The van der Waals surface area contributed by atoms with Crippen molar-refractivity contribution in [2.45, 2.75) is 17.1 Å². The number of ether oxygens (including phenoxy) is 1. The summed E-state index contributed by atoms with van der Waals surface area (Å²) >= 11 is 1.32. The molecular formula is C14H11F3N4OS. The third kappa shape index (κ3) is 3.39. The fraction of sp³-hybridized carbons (Fsp3) is 0.214. The van der Waals surface area contributed by atoms with Crippen LogP contribution in [0.2, 0.25) is 0 Å². The standard InChI is InChI=1S/C14H11F3N4OS/c1-22-13-18-10(14(15,16)17)7-11-19-12(20-21(11)13)23-8-9-5-3-2-4-6-9/h2-7H,8H2,1H3. The summed E-state index contributed by atoms with van der Waals surface area (Å²) in [6.45, 7) is 0. The minimum Gasteiger partial charge on any atom is -0.467 e. The van der Waals surface area contributed by atoms with Gasteiger partial charge in [-0.3, -0.25) is 0 Å². The zero-order valence-corrected chi connectivity index (χ0v) is 12.7. The predicted molar refractivity (Wildman–Crippen MR) is 78.3 cm³/mol. The maximum Gasteiger partial charge on any atom is 0.433 e. The third-order valence-corrected chi connectivity index (χ3v) is 3.87. The summed E-state index contributed by atoms with van der Waals surface area (Å²) in [5, 5.41) is 4.49. The molecule has 0 fully saturated rings. The minimum absolute atomic E-state index is 0.0414. The Kier molecular flexibility index (Phi) is 4.12. The number of halogens is 3. The minimum atomic E-state index is -4.57. The van der Waals surface area contributed by atoms with Crippen molar-refractivity contribution in [1.29, 1.82) is 0 Å². The number of benzene rings is 1. The molecule has 0 aliphatic heterocycles. The van der Waals surface area contributed by atoms with Crippen LogP contribution < -0.4 is 4.74 Å². The maximum atomic E-state index is 12.8. The van der Waals surface area contributed by atoms with E-state index in [1.807, 2.05) is 30.3 Å². The van der Waals surface area contributed by atoms with Gasteiger partial charge in [-0.15, -0.1) is 5.10 Å². The van der Waals surface area contributed by atoms with E-state index in [0.717, 1.165) is 16.1 Å². The molecule has 23 heavy (non-hydrogen) atoms. The second-order valence-electron chi connectivity index (χ2n) is 4.56. The average molecular weight is 340 g/mol. The van der Waals surface area contributed by atoms with Crippen molar-refractivity contribution in [1.82, 2.24) is 19.6 Å². The SMILES string of the molecule is COc1nc(C(F)(F)F)cc2nc(SCc3ccccc3)nn12. The highest BCUT2D eigenvalue weighted by atomic mass is 32.2. The molecule has 0 aliphatic carbocycles. The van der Waals surface area contributed by atoms with E-state index in [-0.39, 0.29) is 11.7 Å². The normalized spacial score (nSPS) is 11.8.